The molecule has 4 N–H and O–H groups in total. The van der Waals surface area contributed by atoms with E-state index >= 15 is 0 Å². The normalized spacial score (nSPS) is 14.1. The summed E-state index contributed by atoms with van der Waals surface area (Å²) in [6.07, 6.45) is -3.93. The van der Waals surface area contributed by atoms with Crippen molar-refractivity contribution >= 4 is 46.0 Å². The smallest absolute Gasteiger partial charge is 0.369 e. The Labute approximate surface area is 237 Å². The number of thiazole rings is 1. The second-order valence-electron chi connectivity index (χ2n) is 9.49. The lowest BCUT2D eigenvalue weighted by molar-refractivity contribution is -0.137. The van der Waals surface area contributed by atoms with E-state index in [-0.39, 0.29) is 10.6 Å². The first kappa shape index (κ1) is 28.1. The minimum Gasteiger partial charge on any atom is -0.369 e. The highest BCUT2D eigenvalue weighted by Crippen LogP contribution is 2.34. The Hall–Kier alpha value is -4.49. The van der Waals surface area contributed by atoms with Crippen molar-refractivity contribution in [2.75, 3.05) is 48.8 Å². The molecule has 1 aliphatic heterocycles. The van der Waals surface area contributed by atoms with Crippen LogP contribution in [0.2, 0.25) is 0 Å². The molecule has 0 bridgehead atoms. The van der Waals surface area contributed by atoms with E-state index in [0.29, 0.717) is 28.3 Å². The summed E-state index contributed by atoms with van der Waals surface area (Å²) in [6.45, 7) is 3.90. The monoisotopic (exact) mass is 581 g/mol. The van der Waals surface area contributed by atoms with Crippen LogP contribution >= 0.6 is 11.3 Å². The van der Waals surface area contributed by atoms with Crippen LogP contribution in [-0.2, 0) is 6.18 Å². The molecule has 0 atom stereocenters. The van der Waals surface area contributed by atoms with Crippen molar-refractivity contribution in [2.45, 2.75) is 6.18 Å². The Morgan fingerprint density at radius 2 is 1.71 bits per heavy atom. The molecule has 13 heteroatoms. The van der Waals surface area contributed by atoms with Gasteiger partial charge in [-0.15, -0.1) is 11.3 Å². The molecule has 2 aromatic carbocycles. The summed E-state index contributed by atoms with van der Waals surface area (Å²) in [5.41, 5.74) is 7.36. The zero-order valence-corrected chi connectivity index (χ0v) is 22.7. The number of pyridine rings is 1. The van der Waals surface area contributed by atoms with Crippen molar-refractivity contribution in [2.24, 2.45) is 5.73 Å². The van der Waals surface area contributed by atoms with Crippen LogP contribution in [0.3, 0.4) is 0 Å². The van der Waals surface area contributed by atoms with Crippen molar-refractivity contribution in [3.05, 3.63) is 83.0 Å². The lowest BCUT2D eigenvalue weighted by Gasteiger charge is -2.34. The van der Waals surface area contributed by atoms with E-state index in [2.05, 4.69) is 37.4 Å². The number of carbonyl (C=O) groups excluding carboxylic acids is 2. The molecule has 4 aromatic rings. The molecule has 0 aliphatic carbocycles. The summed E-state index contributed by atoms with van der Waals surface area (Å²) < 4.78 is 38.4. The highest BCUT2D eigenvalue weighted by Gasteiger charge is 2.31. The van der Waals surface area contributed by atoms with E-state index in [9.17, 15) is 22.8 Å². The van der Waals surface area contributed by atoms with E-state index in [1.54, 1.807) is 24.3 Å². The first-order valence-corrected chi connectivity index (χ1v) is 13.4. The lowest BCUT2D eigenvalue weighted by atomic mass is 10.2. The Morgan fingerprint density at radius 3 is 2.34 bits per heavy atom. The van der Waals surface area contributed by atoms with Gasteiger partial charge in [0.1, 0.15) is 15.6 Å². The number of rotatable bonds is 7. The minimum absolute atomic E-state index is 0.168. The van der Waals surface area contributed by atoms with Gasteiger partial charge in [-0.1, -0.05) is 12.1 Å². The Morgan fingerprint density at radius 1 is 0.976 bits per heavy atom. The standard InChI is InChI=1S/C28H26F3N7O2S/c1-37-11-13-38(14-12-37)21-8-6-19(7-9-21)34-25-23(24(32)39)41-27(36-25)17-3-2-4-20(15-17)35-26(40)22-10-5-18(16-33-22)28(29,30)31/h2-10,15-16,34H,11-14H2,1H3,(H2,32,39)(H,35,40). The van der Waals surface area contributed by atoms with E-state index in [0.717, 1.165) is 61.0 Å². The van der Waals surface area contributed by atoms with E-state index in [1.807, 2.05) is 24.3 Å². The van der Waals surface area contributed by atoms with E-state index < -0.39 is 23.6 Å². The number of piperazine rings is 1. The molecule has 5 rings (SSSR count). The quantitative estimate of drug-likeness (QED) is 0.279. The largest absolute Gasteiger partial charge is 0.417 e. The fraction of sp³-hybridized carbons (Fsp3) is 0.214. The number of likely N-dealkylation sites (N-methyl/N-ethyl adjacent to an activating group) is 1. The zero-order chi connectivity index (χ0) is 29.1. The SMILES string of the molecule is CN1CCN(c2ccc(Nc3nc(-c4cccc(NC(=O)c5ccc(C(F)(F)F)cn5)c4)sc3C(N)=O)cc2)CC1. The molecule has 0 spiro atoms. The molecular weight excluding hydrogens is 555 g/mol. The molecule has 212 valence electrons. The Kier molecular flexibility index (Phi) is 7.90. The second-order valence-corrected chi connectivity index (χ2v) is 10.5. The van der Waals surface area contributed by atoms with Gasteiger partial charge in [-0.3, -0.25) is 14.6 Å². The van der Waals surface area contributed by atoms with Crippen LogP contribution in [-0.4, -0.2) is 59.9 Å². The van der Waals surface area contributed by atoms with Crippen LogP contribution in [0.25, 0.3) is 10.6 Å². The third-order valence-electron chi connectivity index (χ3n) is 6.54. The molecule has 2 aromatic heterocycles. The lowest BCUT2D eigenvalue weighted by Crippen LogP contribution is -2.44. The number of aromatic nitrogens is 2. The summed E-state index contributed by atoms with van der Waals surface area (Å²) in [5.74, 6) is -0.994. The number of amides is 2. The van der Waals surface area contributed by atoms with Gasteiger partial charge in [0.05, 0.1) is 5.56 Å². The summed E-state index contributed by atoms with van der Waals surface area (Å²) >= 11 is 1.10. The second kappa shape index (κ2) is 11.6. The fourth-order valence-corrected chi connectivity index (χ4v) is 5.14. The zero-order valence-electron chi connectivity index (χ0n) is 21.9. The maximum Gasteiger partial charge on any atom is 0.417 e. The van der Waals surface area contributed by atoms with Crippen LogP contribution in [0.4, 0.5) is 36.1 Å². The predicted molar refractivity (Wildman–Crippen MR) is 153 cm³/mol. The van der Waals surface area contributed by atoms with Gasteiger partial charge < -0.3 is 26.2 Å². The van der Waals surface area contributed by atoms with Gasteiger partial charge >= 0.3 is 6.18 Å². The third kappa shape index (κ3) is 6.64. The first-order chi connectivity index (χ1) is 19.6. The molecule has 3 heterocycles. The number of carbonyl (C=O) groups is 2. The van der Waals surface area contributed by atoms with Gasteiger partial charge in [-0.25, -0.2) is 4.98 Å². The molecule has 0 saturated carbocycles. The number of alkyl halides is 3. The molecule has 9 nitrogen and oxygen atoms in total. The van der Waals surface area contributed by atoms with E-state index in [1.165, 1.54) is 0 Å². The number of nitrogens with one attached hydrogen (secondary N) is 2. The Balaban J connectivity index is 1.31. The molecular formula is C28H26F3N7O2S. The third-order valence-corrected chi connectivity index (χ3v) is 7.66. The fourth-order valence-electron chi connectivity index (χ4n) is 4.27. The van der Waals surface area contributed by atoms with Crippen molar-refractivity contribution < 1.29 is 22.8 Å². The van der Waals surface area contributed by atoms with Crippen LogP contribution in [0.5, 0.6) is 0 Å². The summed E-state index contributed by atoms with van der Waals surface area (Å²) in [7, 11) is 2.11. The molecule has 0 unspecified atom stereocenters. The maximum atomic E-state index is 12.8. The average Bonchev–Trinajstić information content (AvgIpc) is 3.38. The number of nitrogens with two attached hydrogens (primary N) is 1. The summed E-state index contributed by atoms with van der Waals surface area (Å²) in [5, 5.41) is 6.29. The highest BCUT2D eigenvalue weighted by molar-refractivity contribution is 7.17. The number of hydrogen-bond acceptors (Lipinski definition) is 8. The molecule has 0 radical (unpaired) electrons. The van der Waals surface area contributed by atoms with Gasteiger partial charge in [0.2, 0.25) is 0 Å². The molecule has 1 saturated heterocycles. The van der Waals surface area contributed by atoms with Gasteiger partial charge in [-0.2, -0.15) is 13.2 Å². The summed E-state index contributed by atoms with van der Waals surface area (Å²) in [6, 6.07) is 16.4. The van der Waals surface area contributed by atoms with Crippen LogP contribution in [0.1, 0.15) is 25.7 Å². The van der Waals surface area contributed by atoms with Crippen LogP contribution in [0, 0.1) is 0 Å². The van der Waals surface area contributed by atoms with Crippen LogP contribution in [0.15, 0.2) is 66.9 Å². The number of benzene rings is 2. The maximum absolute atomic E-state index is 12.8. The van der Waals surface area contributed by atoms with Gasteiger partial charge in [0.25, 0.3) is 11.8 Å². The predicted octanol–water partition coefficient (Wildman–Crippen LogP) is 5.07. The van der Waals surface area contributed by atoms with Gasteiger partial charge in [0, 0.05) is 55.0 Å². The van der Waals surface area contributed by atoms with Gasteiger partial charge in [0.15, 0.2) is 5.82 Å². The summed E-state index contributed by atoms with van der Waals surface area (Å²) in [4.78, 5) is 37.8. The minimum atomic E-state index is -4.55. The van der Waals surface area contributed by atoms with Crippen molar-refractivity contribution in [3.63, 3.8) is 0 Å². The molecule has 2 amide bonds. The number of halogens is 3. The van der Waals surface area contributed by atoms with Crippen molar-refractivity contribution in [3.8, 4) is 10.6 Å². The van der Waals surface area contributed by atoms with Crippen molar-refractivity contribution in [1.29, 1.82) is 0 Å². The van der Waals surface area contributed by atoms with E-state index in [4.69, 9.17) is 5.73 Å². The first-order valence-electron chi connectivity index (χ1n) is 12.6. The molecule has 1 fully saturated rings. The van der Waals surface area contributed by atoms with Crippen molar-refractivity contribution in [1.82, 2.24) is 14.9 Å². The number of anilines is 4. The average molecular weight is 582 g/mol. The molecule has 41 heavy (non-hydrogen) atoms. The Bertz CT molecular complexity index is 1550. The molecule has 1 aliphatic rings. The highest BCUT2D eigenvalue weighted by atomic mass is 32.1. The number of primary amides is 1. The number of nitrogens with zero attached hydrogens (tertiary/aromatic N) is 4. The van der Waals surface area contributed by atoms with Gasteiger partial charge in [-0.05, 0) is 55.6 Å². The topological polar surface area (TPSA) is 116 Å². The van der Waals surface area contributed by atoms with Crippen LogP contribution < -0.4 is 21.3 Å². The number of hydrogen-bond donors (Lipinski definition) is 3.